The zero-order valence-corrected chi connectivity index (χ0v) is 15.1. The minimum atomic E-state index is -1.49. The minimum Gasteiger partial charge on any atom is -0.545 e. The van der Waals surface area contributed by atoms with Crippen molar-refractivity contribution in [1.82, 2.24) is 0 Å². The van der Waals surface area contributed by atoms with Gasteiger partial charge in [-0.2, -0.15) is 0 Å². The lowest BCUT2D eigenvalue weighted by Gasteiger charge is -2.16. The second-order valence-electron chi connectivity index (χ2n) is 6.25. The van der Waals surface area contributed by atoms with E-state index in [1.165, 1.54) is 54.6 Å². The number of carbonyl (C=O) groups excluding carboxylic acids is 2. The Hall–Kier alpha value is -4.46. The SMILES string of the molecule is O=C([O-])c1ccc(-c2ccc(C(=O)O)c(C(=O)O)c2-c2ccc(C(=O)[O-])cc2)cc1. The first-order valence-corrected chi connectivity index (χ1v) is 8.48. The van der Waals surface area contributed by atoms with Crippen LogP contribution in [0.5, 0.6) is 0 Å². The van der Waals surface area contributed by atoms with E-state index in [9.17, 15) is 39.6 Å². The Morgan fingerprint density at radius 3 is 1.47 bits per heavy atom. The summed E-state index contributed by atoms with van der Waals surface area (Å²) in [6.07, 6.45) is 0. The van der Waals surface area contributed by atoms with Crippen molar-refractivity contribution in [3.8, 4) is 22.3 Å². The Morgan fingerprint density at radius 2 is 1.07 bits per heavy atom. The first-order valence-electron chi connectivity index (χ1n) is 8.48. The van der Waals surface area contributed by atoms with Crippen molar-refractivity contribution < 1.29 is 39.6 Å². The Balaban J connectivity index is 2.33. The van der Waals surface area contributed by atoms with Gasteiger partial charge in [-0.15, -0.1) is 0 Å². The van der Waals surface area contributed by atoms with Crippen LogP contribution in [0.3, 0.4) is 0 Å². The number of rotatable bonds is 6. The third-order valence-electron chi connectivity index (χ3n) is 4.49. The summed E-state index contributed by atoms with van der Waals surface area (Å²) >= 11 is 0. The predicted octanol–water partition coefficient (Wildman–Crippen LogP) is 1.14. The Labute approximate surface area is 169 Å². The van der Waals surface area contributed by atoms with Gasteiger partial charge in [0.2, 0.25) is 0 Å². The monoisotopic (exact) mass is 404 g/mol. The highest BCUT2D eigenvalue weighted by atomic mass is 16.4. The normalized spacial score (nSPS) is 10.4. The van der Waals surface area contributed by atoms with Crippen LogP contribution in [0, 0.1) is 0 Å². The molecule has 0 atom stereocenters. The molecule has 0 bridgehead atoms. The van der Waals surface area contributed by atoms with Crippen molar-refractivity contribution in [1.29, 1.82) is 0 Å². The molecule has 0 radical (unpaired) electrons. The van der Waals surface area contributed by atoms with Crippen LogP contribution in [0.1, 0.15) is 41.4 Å². The van der Waals surface area contributed by atoms with Gasteiger partial charge in [0.15, 0.2) is 0 Å². The summed E-state index contributed by atoms with van der Waals surface area (Å²) in [6.45, 7) is 0. The van der Waals surface area contributed by atoms with Crippen LogP contribution in [0.15, 0.2) is 60.7 Å². The van der Waals surface area contributed by atoms with Crippen LogP contribution >= 0.6 is 0 Å². The van der Waals surface area contributed by atoms with Gasteiger partial charge in [0.25, 0.3) is 0 Å². The zero-order chi connectivity index (χ0) is 22.0. The van der Waals surface area contributed by atoms with Gasteiger partial charge >= 0.3 is 11.9 Å². The molecular weight excluding hydrogens is 392 g/mol. The molecule has 0 saturated heterocycles. The number of hydrogen-bond donors (Lipinski definition) is 2. The molecule has 0 fully saturated rings. The predicted molar refractivity (Wildman–Crippen MR) is 99.9 cm³/mol. The largest absolute Gasteiger partial charge is 0.545 e. The third-order valence-corrected chi connectivity index (χ3v) is 4.49. The van der Waals surface area contributed by atoms with E-state index in [0.29, 0.717) is 11.1 Å². The Bertz CT molecular complexity index is 1180. The van der Waals surface area contributed by atoms with Gasteiger partial charge in [-0.05, 0) is 33.9 Å². The van der Waals surface area contributed by atoms with Crippen LogP contribution in [-0.4, -0.2) is 34.1 Å². The van der Waals surface area contributed by atoms with Gasteiger partial charge in [0, 0.05) is 5.56 Å². The van der Waals surface area contributed by atoms with E-state index in [0.717, 1.165) is 6.07 Å². The average molecular weight is 404 g/mol. The smallest absolute Gasteiger partial charge is 0.337 e. The number of hydrogen-bond acceptors (Lipinski definition) is 6. The van der Waals surface area contributed by atoms with E-state index >= 15 is 0 Å². The fourth-order valence-electron chi connectivity index (χ4n) is 3.10. The molecule has 0 amide bonds. The maximum absolute atomic E-state index is 12.0. The third kappa shape index (κ3) is 3.74. The second-order valence-corrected chi connectivity index (χ2v) is 6.25. The van der Waals surface area contributed by atoms with Gasteiger partial charge in [0.1, 0.15) is 0 Å². The first-order chi connectivity index (χ1) is 14.2. The molecule has 8 heteroatoms. The van der Waals surface area contributed by atoms with Crippen molar-refractivity contribution in [3.63, 3.8) is 0 Å². The lowest BCUT2D eigenvalue weighted by molar-refractivity contribution is -0.256. The number of carboxylic acids is 4. The average Bonchev–Trinajstić information content (AvgIpc) is 2.72. The number of carbonyl (C=O) groups is 4. The topological polar surface area (TPSA) is 155 Å². The highest BCUT2D eigenvalue weighted by Gasteiger charge is 2.24. The summed E-state index contributed by atoms with van der Waals surface area (Å²) in [6, 6.07) is 13.1. The summed E-state index contributed by atoms with van der Waals surface area (Å²) in [4.78, 5) is 45.6. The maximum Gasteiger partial charge on any atom is 0.337 e. The summed E-state index contributed by atoms with van der Waals surface area (Å²) < 4.78 is 0. The van der Waals surface area contributed by atoms with E-state index in [2.05, 4.69) is 0 Å². The molecule has 0 aliphatic rings. The second kappa shape index (κ2) is 7.88. The van der Waals surface area contributed by atoms with Crippen LogP contribution in [0.25, 0.3) is 22.3 Å². The molecule has 0 saturated carbocycles. The molecular formula is C22H12O8-2. The number of carboxylic acid groups (broad SMARTS) is 4. The van der Waals surface area contributed by atoms with E-state index in [-0.39, 0.29) is 22.3 Å². The fraction of sp³-hybridized carbons (Fsp3) is 0. The van der Waals surface area contributed by atoms with Crippen LogP contribution in [0.2, 0.25) is 0 Å². The lowest BCUT2D eigenvalue weighted by Crippen LogP contribution is -2.22. The van der Waals surface area contributed by atoms with Gasteiger partial charge in [-0.3, -0.25) is 0 Å². The molecule has 0 spiro atoms. The quantitative estimate of drug-likeness (QED) is 0.620. The number of aromatic carboxylic acids is 4. The summed E-state index contributed by atoms with van der Waals surface area (Å²) in [5.74, 6) is -5.73. The van der Waals surface area contributed by atoms with Crippen LogP contribution in [0.4, 0.5) is 0 Å². The minimum absolute atomic E-state index is 0.0495. The van der Waals surface area contributed by atoms with E-state index < -0.39 is 35.0 Å². The van der Waals surface area contributed by atoms with E-state index in [1.807, 2.05) is 0 Å². The molecule has 30 heavy (non-hydrogen) atoms. The Kier molecular flexibility index (Phi) is 5.33. The van der Waals surface area contributed by atoms with Gasteiger partial charge in [0.05, 0.1) is 23.1 Å². The molecule has 0 heterocycles. The van der Waals surface area contributed by atoms with Crippen molar-refractivity contribution in [2.75, 3.05) is 0 Å². The molecule has 0 aromatic heterocycles. The van der Waals surface area contributed by atoms with Crippen molar-refractivity contribution >= 4 is 23.9 Å². The Morgan fingerprint density at radius 1 is 0.600 bits per heavy atom. The molecule has 3 aromatic carbocycles. The van der Waals surface area contributed by atoms with Crippen LogP contribution in [-0.2, 0) is 0 Å². The molecule has 0 aliphatic carbocycles. The van der Waals surface area contributed by atoms with E-state index in [4.69, 9.17) is 0 Å². The van der Waals surface area contributed by atoms with Gasteiger partial charge in [-0.25, -0.2) is 9.59 Å². The molecule has 150 valence electrons. The molecule has 8 nitrogen and oxygen atoms in total. The molecule has 2 N–H and O–H groups in total. The van der Waals surface area contributed by atoms with Crippen molar-refractivity contribution in [3.05, 3.63) is 82.9 Å². The molecule has 0 unspecified atom stereocenters. The summed E-state index contributed by atoms with van der Waals surface area (Å²) in [7, 11) is 0. The van der Waals surface area contributed by atoms with E-state index in [1.54, 1.807) is 0 Å². The van der Waals surface area contributed by atoms with Gasteiger partial charge in [-0.1, -0.05) is 54.6 Å². The lowest BCUT2D eigenvalue weighted by atomic mass is 9.87. The van der Waals surface area contributed by atoms with Crippen LogP contribution < -0.4 is 10.2 Å². The maximum atomic E-state index is 12.0. The zero-order valence-electron chi connectivity index (χ0n) is 15.1. The summed E-state index contributed by atoms with van der Waals surface area (Å²) in [5.41, 5.74) is -0.0826. The van der Waals surface area contributed by atoms with Crippen molar-refractivity contribution in [2.45, 2.75) is 0 Å². The number of benzene rings is 3. The van der Waals surface area contributed by atoms with Gasteiger partial charge < -0.3 is 30.0 Å². The molecule has 0 aliphatic heterocycles. The molecule has 3 rings (SSSR count). The van der Waals surface area contributed by atoms with Crippen molar-refractivity contribution in [2.24, 2.45) is 0 Å². The molecule has 3 aromatic rings. The fourth-order valence-corrected chi connectivity index (χ4v) is 3.10. The summed E-state index contributed by atoms with van der Waals surface area (Å²) in [5, 5.41) is 41.2. The first kappa shape index (κ1) is 20.3. The standard InChI is InChI=1S/C22H14O8/c23-19(24)13-5-1-11(2-6-13)15-9-10-16(21(27)28)18(22(29)30)17(15)12-3-7-14(8-4-12)20(25)26/h1-10H,(H,23,24)(H,25,26)(H,27,28)(H,29,30)/p-2. The highest BCUT2D eigenvalue weighted by Crippen LogP contribution is 2.37. The highest BCUT2D eigenvalue weighted by molar-refractivity contribution is 6.10.